The van der Waals surface area contributed by atoms with Crippen molar-refractivity contribution in [3.63, 3.8) is 0 Å². The molecule has 0 saturated carbocycles. The van der Waals surface area contributed by atoms with E-state index in [2.05, 4.69) is 10.3 Å². The number of rotatable bonds is 8. The molecule has 0 unspecified atom stereocenters. The number of nitrogens with zero attached hydrogens (tertiary/aromatic N) is 2. The second-order valence-electron chi connectivity index (χ2n) is 6.13. The van der Waals surface area contributed by atoms with Gasteiger partial charge in [0, 0.05) is 17.5 Å². The van der Waals surface area contributed by atoms with Crippen molar-refractivity contribution in [3.8, 4) is 5.75 Å². The maximum absolute atomic E-state index is 12.4. The number of fused-ring (bicyclic) bond motifs is 1. The molecule has 0 aliphatic rings. The minimum absolute atomic E-state index is 0.0463. The summed E-state index contributed by atoms with van der Waals surface area (Å²) < 4.78 is 10.5. The van der Waals surface area contributed by atoms with E-state index in [0.717, 1.165) is 0 Å². The van der Waals surface area contributed by atoms with Crippen LogP contribution in [0.2, 0.25) is 0 Å². The third-order valence-corrected chi connectivity index (χ3v) is 3.48. The molecule has 2 aromatic rings. The second kappa shape index (κ2) is 8.93. The van der Waals surface area contributed by atoms with E-state index >= 15 is 0 Å². The third-order valence-electron chi connectivity index (χ3n) is 3.48. The molecule has 1 heterocycles. The molecule has 2 rings (SSSR count). The van der Waals surface area contributed by atoms with Crippen LogP contribution in [0.4, 0.5) is 5.69 Å². The van der Waals surface area contributed by atoms with Crippen molar-refractivity contribution in [1.82, 2.24) is 10.3 Å². The fourth-order valence-electron chi connectivity index (χ4n) is 2.30. The number of carbonyl (C=O) groups is 2. The summed E-state index contributed by atoms with van der Waals surface area (Å²) >= 11 is 0. The minimum atomic E-state index is -0.655. The van der Waals surface area contributed by atoms with Gasteiger partial charge in [-0.05, 0) is 18.9 Å². The molecular formula is C18H21N3O6. The number of hydrogen-bond donors (Lipinski definition) is 1. The number of nitrogens with one attached hydrogen (secondary N) is 1. The Labute approximate surface area is 155 Å². The molecule has 0 radical (unpaired) electrons. The van der Waals surface area contributed by atoms with Crippen molar-refractivity contribution in [3.05, 3.63) is 40.1 Å². The highest BCUT2D eigenvalue weighted by molar-refractivity contribution is 6.00. The van der Waals surface area contributed by atoms with E-state index in [-0.39, 0.29) is 36.0 Å². The lowest BCUT2D eigenvalue weighted by molar-refractivity contribution is -0.383. The van der Waals surface area contributed by atoms with Crippen LogP contribution in [0.15, 0.2) is 24.3 Å². The predicted octanol–water partition coefficient (Wildman–Crippen LogP) is 2.47. The van der Waals surface area contributed by atoms with Gasteiger partial charge in [-0.2, -0.15) is 0 Å². The summed E-state index contributed by atoms with van der Waals surface area (Å²) in [5.74, 6) is -0.710. The first kappa shape index (κ1) is 20.1. The van der Waals surface area contributed by atoms with Crippen LogP contribution in [-0.4, -0.2) is 41.5 Å². The lowest BCUT2D eigenvalue weighted by Gasteiger charge is -2.13. The summed E-state index contributed by atoms with van der Waals surface area (Å²) in [6.45, 7) is 5.80. The van der Waals surface area contributed by atoms with Crippen LogP contribution in [0.1, 0.15) is 31.3 Å². The van der Waals surface area contributed by atoms with Crippen LogP contribution >= 0.6 is 0 Å². The summed E-state index contributed by atoms with van der Waals surface area (Å²) in [5.41, 5.74) is -0.271. The Balaban J connectivity index is 2.43. The zero-order chi connectivity index (χ0) is 20.0. The van der Waals surface area contributed by atoms with E-state index < -0.39 is 16.8 Å². The van der Waals surface area contributed by atoms with Crippen LogP contribution in [0.5, 0.6) is 5.75 Å². The highest BCUT2D eigenvalue weighted by Gasteiger charge is 2.20. The summed E-state index contributed by atoms with van der Waals surface area (Å²) in [7, 11) is 0. The molecule has 1 aromatic heterocycles. The van der Waals surface area contributed by atoms with Gasteiger partial charge in [-0.15, -0.1) is 0 Å². The van der Waals surface area contributed by atoms with Crippen LogP contribution in [0.3, 0.4) is 0 Å². The van der Waals surface area contributed by atoms with Crippen molar-refractivity contribution < 1.29 is 24.0 Å². The largest absolute Gasteiger partial charge is 0.493 e. The molecule has 27 heavy (non-hydrogen) atoms. The number of nitro groups is 1. The zero-order valence-corrected chi connectivity index (χ0v) is 15.4. The fraction of sp³-hybridized carbons (Fsp3) is 0.389. The lowest BCUT2D eigenvalue weighted by atomic mass is 10.1. The number of aromatic nitrogens is 1. The van der Waals surface area contributed by atoms with Gasteiger partial charge in [0.05, 0.1) is 18.1 Å². The number of esters is 1. The van der Waals surface area contributed by atoms with E-state index in [1.54, 1.807) is 13.0 Å². The molecule has 0 atom stereocenters. The lowest BCUT2D eigenvalue weighted by Crippen LogP contribution is -2.31. The maximum Gasteiger partial charge on any atom is 0.325 e. The Hall–Kier alpha value is -3.23. The Morgan fingerprint density at radius 3 is 2.70 bits per heavy atom. The number of carbonyl (C=O) groups excluding carboxylic acids is 2. The molecule has 0 bridgehead atoms. The van der Waals surface area contributed by atoms with E-state index in [9.17, 15) is 19.7 Å². The molecule has 0 aliphatic heterocycles. The first-order valence-corrected chi connectivity index (χ1v) is 8.48. The molecule has 1 amide bonds. The van der Waals surface area contributed by atoms with Gasteiger partial charge in [0.1, 0.15) is 18.0 Å². The van der Waals surface area contributed by atoms with Crippen molar-refractivity contribution in [2.75, 3.05) is 19.8 Å². The molecule has 0 spiro atoms. The number of benzene rings is 1. The third kappa shape index (κ3) is 5.13. The fourth-order valence-corrected chi connectivity index (χ4v) is 2.30. The smallest absolute Gasteiger partial charge is 0.325 e. The van der Waals surface area contributed by atoms with Gasteiger partial charge in [-0.1, -0.05) is 19.9 Å². The topological polar surface area (TPSA) is 121 Å². The molecular weight excluding hydrogens is 354 g/mol. The number of non-ortho nitro benzene ring substituents is 1. The summed E-state index contributed by atoms with van der Waals surface area (Å²) in [6.07, 6.45) is 0. The quantitative estimate of drug-likeness (QED) is 0.427. The van der Waals surface area contributed by atoms with E-state index in [1.807, 2.05) is 13.8 Å². The Bertz CT molecular complexity index is 866. The van der Waals surface area contributed by atoms with Crippen molar-refractivity contribution in [2.45, 2.75) is 20.8 Å². The number of para-hydroxylation sites is 1. The minimum Gasteiger partial charge on any atom is -0.493 e. The number of ether oxygens (including phenoxy) is 2. The number of amides is 1. The Morgan fingerprint density at radius 2 is 2.07 bits per heavy atom. The Kier molecular flexibility index (Phi) is 6.64. The average Bonchev–Trinajstić information content (AvgIpc) is 2.63. The van der Waals surface area contributed by atoms with Crippen LogP contribution in [0.25, 0.3) is 10.9 Å². The van der Waals surface area contributed by atoms with Crippen molar-refractivity contribution in [1.29, 1.82) is 0 Å². The second-order valence-corrected chi connectivity index (χ2v) is 6.13. The first-order chi connectivity index (χ1) is 12.8. The average molecular weight is 375 g/mol. The van der Waals surface area contributed by atoms with Crippen molar-refractivity contribution in [2.24, 2.45) is 5.92 Å². The molecule has 1 aromatic carbocycles. The van der Waals surface area contributed by atoms with Gasteiger partial charge >= 0.3 is 5.97 Å². The Morgan fingerprint density at radius 1 is 1.33 bits per heavy atom. The first-order valence-electron chi connectivity index (χ1n) is 8.48. The zero-order valence-electron chi connectivity index (χ0n) is 15.4. The molecule has 0 aliphatic carbocycles. The van der Waals surface area contributed by atoms with E-state index in [0.29, 0.717) is 17.7 Å². The highest BCUT2D eigenvalue weighted by Crippen LogP contribution is 2.31. The highest BCUT2D eigenvalue weighted by atomic mass is 16.6. The van der Waals surface area contributed by atoms with Gasteiger partial charge < -0.3 is 14.8 Å². The van der Waals surface area contributed by atoms with E-state index in [4.69, 9.17) is 9.47 Å². The predicted molar refractivity (Wildman–Crippen MR) is 97.7 cm³/mol. The molecule has 0 fully saturated rings. The van der Waals surface area contributed by atoms with Gasteiger partial charge in [-0.3, -0.25) is 19.7 Å². The van der Waals surface area contributed by atoms with Gasteiger partial charge in [0.2, 0.25) is 0 Å². The van der Waals surface area contributed by atoms with Crippen LogP contribution < -0.4 is 10.1 Å². The molecule has 9 heteroatoms. The van der Waals surface area contributed by atoms with Crippen LogP contribution in [-0.2, 0) is 9.53 Å². The molecule has 1 N–H and O–H groups in total. The number of hydrogen-bond acceptors (Lipinski definition) is 7. The van der Waals surface area contributed by atoms with Gasteiger partial charge in [0.15, 0.2) is 5.52 Å². The summed E-state index contributed by atoms with van der Waals surface area (Å²) in [6, 6.07) is 5.90. The monoisotopic (exact) mass is 375 g/mol. The molecule has 144 valence electrons. The standard InChI is InChI=1S/C18H21N3O6/c1-4-26-16(22)9-19-18(23)13-8-15(27-10-11(2)3)12-6-5-7-14(21(24)25)17(12)20-13/h5-8,11H,4,9-10H2,1-3H3,(H,19,23). The van der Waals surface area contributed by atoms with Crippen molar-refractivity contribution >= 4 is 28.5 Å². The number of nitro benzene ring substituents is 1. The summed E-state index contributed by atoms with van der Waals surface area (Å²) in [4.78, 5) is 38.6. The summed E-state index contributed by atoms with van der Waals surface area (Å²) in [5, 5.41) is 14.1. The SMILES string of the molecule is CCOC(=O)CNC(=O)c1cc(OCC(C)C)c2cccc([N+](=O)[O-])c2n1. The normalized spacial score (nSPS) is 10.7. The van der Waals surface area contributed by atoms with E-state index in [1.165, 1.54) is 18.2 Å². The molecule has 0 saturated heterocycles. The number of pyridine rings is 1. The van der Waals surface area contributed by atoms with Gasteiger partial charge in [0.25, 0.3) is 11.6 Å². The molecule has 9 nitrogen and oxygen atoms in total. The maximum atomic E-state index is 12.4. The van der Waals surface area contributed by atoms with Crippen LogP contribution in [0, 0.1) is 16.0 Å². The van der Waals surface area contributed by atoms with Gasteiger partial charge in [-0.25, -0.2) is 4.98 Å².